The highest BCUT2D eigenvalue weighted by atomic mass is 16.3. The second kappa shape index (κ2) is 6.18. The third-order valence-electron chi connectivity index (χ3n) is 2.33. The van der Waals surface area contributed by atoms with Crippen molar-refractivity contribution in [3.8, 4) is 0 Å². The molecule has 0 fully saturated rings. The van der Waals surface area contributed by atoms with Gasteiger partial charge in [-0.15, -0.1) is 0 Å². The number of rotatable bonds is 6. The SMILES string of the molecule is CCC(C)C(=O)CC(C)CCO. The van der Waals surface area contributed by atoms with Gasteiger partial charge in [0.2, 0.25) is 0 Å². The summed E-state index contributed by atoms with van der Waals surface area (Å²) >= 11 is 0. The first-order valence-corrected chi connectivity index (χ1v) is 4.75. The molecule has 0 saturated heterocycles. The van der Waals surface area contributed by atoms with Crippen LogP contribution >= 0.6 is 0 Å². The number of hydrogen-bond acceptors (Lipinski definition) is 2. The minimum absolute atomic E-state index is 0.186. The average Bonchev–Trinajstić information content (AvgIpc) is 2.03. The number of aliphatic hydroxyl groups is 1. The minimum atomic E-state index is 0.186. The largest absolute Gasteiger partial charge is 0.396 e. The number of Topliss-reactive ketones (excluding diaryl/α,β-unsaturated/α-hetero) is 1. The van der Waals surface area contributed by atoms with E-state index in [0.717, 1.165) is 12.8 Å². The molecule has 2 unspecified atom stereocenters. The molecular formula is C10H20O2. The van der Waals surface area contributed by atoms with Crippen molar-refractivity contribution >= 4 is 5.78 Å². The van der Waals surface area contributed by atoms with Gasteiger partial charge in [-0.05, 0) is 18.8 Å². The van der Waals surface area contributed by atoms with Crippen molar-refractivity contribution in [1.82, 2.24) is 0 Å². The fourth-order valence-corrected chi connectivity index (χ4v) is 1.09. The summed E-state index contributed by atoms with van der Waals surface area (Å²) < 4.78 is 0. The van der Waals surface area contributed by atoms with Gasteiger partial charge in [-0.2, -0.15) is 0 Å². The highest BCUT2D eigenvalue weighted by molar-refractivity contribution is 5.80. The maximum absolute atomic E-state index is 11.4. The van der Waals surface area contributed by atoms with Crippen LogP contribution in [0.5, 0.6) is 0 Å². The van der Waals surface area contributed by atoms with Gasteiger partial charge < -0.3 is 5.11 Å². The Morgan fingerprint density at radius 1 is 1.42 bits per heavy atom. The van der Waals surface area contributed by atoms with Gasteiger partial charge in [0, 0.05) is 18.9 Å². The zero-order valence-corrected chi connectivity index (χ0v) is 8.34. The van der Waals surface area contributed by atoms with E-state index in [2.05, 4.69) is 0 Å². The maximum atomic E-state index is 11.4. The predicted octanol–water partition coefficient (Wildman–Crippen LogP) is 2.01. The molecule has 0 aliphatic carbocycles. The fourth-order valence-electron chi connectivity index (χ4n) is 1.09. The minimum Gasteiger partial charge on any atom is -0.396 e. The van der Waals surface area contributed by atoms with Gasteiger partial charge in [0.05, 0.1) is 0 Å². The van der Waals surface area contributed by atoms with E-state index < -0.39 is 0 Å². The second-order valence-electron chi connectivity index (χ2n) is 3.60. The highest BCUT2D eigenvalue weighted by Gasteiger charge is 2.13. The Bertz CT molecular complexity index is 132. The predicted molar refractivity (Wildman–Crippen MR) is 49.9 cm³/mol. The maximum Gasteiger partial charge on any atom is 0.135 e. The summed E-state index contributed by atoms with van der Waals surface area (Å²) in [6.45, 7) is 6.19. The van der Waals surface area contributed by atoms with E-state index in [1.165, 1.54) is 0 Å². The van der Waals surface area contributed by atoms with E-state index >= 15 is 0 Å². The molecule has 0 heterocycles. The Morgan fingerprint density at radius 2 is 2.00 bits per heavy atom. The van der Waals surface area contributed by atoms with Gasteiger partial charge in [-0.1, -0.05) is 20.8 Å². The monoisotopic (exact) mass is 172 g/mol. The molecule has 0 radical (unpaired) electrons. The molecule has 0 aliphatic rings. The molecule has 72 valence electrons. The van der Waals surface area contributed by atoms with Crippen LogP contribution in [0.15, 0.2) is 0 Å². The lowest BCUT2D eigenvalue weighted by molar-refractivity contribution is -0.123. The molecule has 0 amide bonds. The molecule has 0 rings (SSSR count). The molecule has 0 spiro atoms. The van der Waals surface area contributed by atoms with Crippen LogP contribution in [0.1, 0.15) is 40.0 Å². The number of hydrogen-bond donors (Lipinski definition) is 1. The van der Waals surface area contributed by atoms with E-state index in [0.29, 0.717) is 18.1 Å². The first-order valence-electron chi connectivity index (χ1n) is 4.75. The highest BCUT2D eigenvalue weighted by Crippen LogP contribution is 2.13. The molecule has 0 saturated carbocycles. The average molecular weight is 172 g/mol. The summed E-state index contributed by atoms with van der Waals surface area (Å²) in [6.07, 6.45) is 2.28. The summed E-state index contributed by atoms with van der Waals surface area (Å²) in [6, 6.07) is 0. The molecule has 0 aromatic carbocycles. The topological polar surface area (TPSA) is 37.3 Å². The van der Waals surface area contributed by atoms with E-state index in [1.807, 2.05) is 20.8 Å². The standard InChI is InChI=1S/C10H20O2/c1-4-9(3)10(12)7-8(2)5-6-11/h8-9,11H,4-7H2,1-3H3. The second-order valence-corrected chi connectivity index (χ2v) is 3.60. The molecular weight excluding hydrogens is 152 g/mol. The van der Waals surface area contributed by atoms with Gasteiger partial charge in [0.15, 0.2) is 0 Å². The first-order chi connectivity index (χ1) is 5.61. The van der Waals surface area contributed by atoms with E-state index in [1.54, 1.807) is 0 Å². The van der Waals surface area contributed by atoms with Crippen molar-refractivity contribution in [1.29, 1.82) is 0 Å². The van der Waals surface area contributed by atoms with Crippen molar-refractivity contribution in [3.63, 3.8) is 0 Å². The Balaban J connectivity index is 3.67. The lowest BCUT2D eigenvalue weighted by Crippen LogP contribution is -2.14. The van der Waals surface area contributed by atoms with Gasteiger partial charge in [-0.25, -0.2) is 0 Å². The van der Waals surface area contributed by atoms with Crippen LogP contribution in [-0.4, -0.2) is 17.5 Å². The summed E-state index contributed by atoms with van der Waals surface area (Å²) in [5.74, 6) is 0.848. The van der Waals surface area contributed by atoms with Gasteiger partial charge >= 0.3 is 0 Å². The van der Waals surface area contributed by atoms with E-state index in [4.69, 9.17) is 5.11 Å². The van der Waals surface area contributed by atoms with Gasteiger partial charge in [-0.3, -0.25) is 4.79 Å². The quantitative estimate of drug-likeness (QED) is 0.665. The summed E-state index contributed by atoms with van der Waals surface area (Å²) in [5, 5.41) is 8.63. The fraction of sp³-hybridized carbons (Fsp3) is 0.900. The molecule has 0 bridgehead atoms. The molecule has 2 nitrogen and oxygen atoms in total. The van der Waals surface area contributed by atoms with Crippen LogP contribution in [0.2, 0.25) is 0 Å². The summed E-state index contributed by atoms with van der Waals surface area (Å²) in [5.41, 5.74) is 0. The third kappa shape index (κ3) is 4.50. The number of carbonyl (C=O) groups is 1. The Hall–Kier alpha value is -0.370. The number of carbonyl (C=O) groups excluding carboxylic acids is 1. The van der Waals surface area contributed by atoms with E-state index in [9.17, 15) is 4.79 Å². The number of aliphatic hydroxyl groups excluding tert-OH is 1. The Kier molecular flexibility index (Phi) is 5.99. The van der Waals surface area contributed by atoms with Crippen LogP contribution in [0.3, 0.4) is 0 Å². The van der Waals surface area contributed by atoms with Crippen LogP contribution in [0.4, 0.5) is 0 Å². The first kappa shape index (κ1) is 11.6. The van der Waals surface area contributed by atoms with Crippen molar-refractivity contribution in [2.24, 2.45) is 11.8 Å². The van der Waals surface area contributed by atoms with Gasteiger partial charge in [0.1, 0.15) is 5.78 Å². The zero-order valence-electron chi connectivity index (χ0n) is 8.34. The normalized spacial score (nSPS) is 15.7. The molecule has 0 aromatic rings. The summed E-state index contributed by atoms with van der Waals surface area (Å²) in [7, 11) is 0. The smallest absolute Gasteiger partial charge is 0.135 e. The van der Waals surface area contributed by atoms with Crippen molar-refractivity contribution in [2.45, 2.75) is 40.0 Å². The van der Waals surface area contributed by atoms with Crippen molar-refractivity contribution in [3.05, 3.63) is 0 Å². The zero-order chi connectivity index (χ0) is 9.56. The lowest BCUT2D eigenvalue weighted by atomic mass is 9.93. The van der Waals surface area contributed by atoms with Gasteiger partial charge in [0.25, 0.3) is 0 Å². The number of ketones is 1. The van der Waals surface area contributed by atoms with Crippen LogP contribution in [0.25, 0.3) is 0 Å². The molecule has 0 aliphatic heterocycles. The van der Waals surface area contributed by atoms with E-state index in [-0.39, 0.29) is 12.5 Å². The molecule has 0 aromatic heterocycles. The molecule has 2 heteroatoms. The Labute approximate surface area is 75.0 Å². The molecule has 2 atom stereocenters. The summed E-state index contributed by atoms with van der Waals surface area (Å²) in [4.78, 5) is 11.4. The lowest BCUT2D eigenvalue weighted by Gasteiger charge is -2.11. The third-order valence-corrected chi connectivity index (χ3v) is 2.33. The van der Waals surface area contributed by atoms with Crippen molar-refractivity contribution in [2.75, 3.05) is 6.61 Å². The van der Waals surface area contributed by atoms with Crippen LogP contribution < -0.4 is 0 Å². The van der Waals surface area contributed by atoms with Crippen LogP contribution in [0, 0.1) is 11.8 Å². The van der Waals surface area contributed by atoms with Crippen LogP contribution in [-0.2, 0) is 4.79 Å². The Morgan fingerprint density at radius 3 is 2.42 bits per heavy atom. The molecule has 1 N–H and O–H groups in total. The molecule has 12 heavy (non-hydrogen) atoms. The van der Waals surface area contributed by atoms with Crippen molar-refractivity contribution < 1.29 is 9.90 Å².